The minimum absolute atomic E-state index is 0.189. The predicted octanol–water partition coefficient (Wildman–Crippen LogP) is 1.94. The number of anilines is 1. The summed E-state index contributed by atoms with van der Waals surface area (Å²) in [5.74, 6) is 0.0188. The Kier molecular flexibility index (Phi) is 4.57. The third kappa shape index (κ3) is 3.48. The summed E-state index contributed by atoms with van der Waals surface area (Å²) in [4.78, 5) is 22.9. The molecule has 1 aliphatic heterocycles. The standard InChI is InChI=1S/C13H14ClN3O3/c1-2-20-11-5-3-8(7-9(11)14)15-13(19)10-4-6-12(18)17-16-10/h3,5,7H,2,4,6H2,1H3,(H,15,19)(H,17,18). The normalized spacial score (nSPS) is 14.3. The molecule has 1 aliphatic rings. The summed E-state index contributed by atoms with van der Waals surface area (Å²) in [6.07, 6.45) is 0.582. The molecule has 0 bridgehead atoms. The topological polar surface area (TPSA) is 79.8 Å². The van der Waals surface area contributed by atoms with E-state index in [0.29, 0.717) is 29.5 Å². The molecule has 0 saturated heterocycles. The third-order valence-corrected chi connectivity index (χ3v) is 2.95. The second-order valence-electron chi connectivity index (χ2n) is 4.13. The van der Waals surface area contributed by atoms with Crippen LogP contribution in [0.1, 0.15) is 19.8 Å². The van der Waals surface area contributed by atoms with E-state index < -0.39 is 0 Å². The average molecular weight is 296 g/mol. The lowest BCUT2D eigenvalue weighted by Gasteiger charge is -2.13. The number of hydrogen-bond donors (Lipinski definition) is 2. The Hall–Kier alpha value is -2.08. The van der Waals surface area contributed by atoms with Crippen molar-refractivity contribution in [1.82, 2.24) is 5.43 Å². The molecule has 106 valence electrons. The molecule has 0 aliphatic carbocycles. The lowest BCUT2D eigenvalue weighted by molar-refractivity contribution is -0.121. The second-order valence-corrected chi connectivity index (χ2v) is 4.53. The van der Waals surface area contributed by atoms with E-state index in [1.54, 1.807) is 18.2 Å². The van der Waals surface area contributed by atoms with Gasteiger partial charge in [0, 0.05) is 18.5 Å². The van der Waals surface area contributed by atoms with Gasteiger partial charge in [-0.15, -0.1) is 0 Å². The SMILES string of the molecule is CCOc1ccc(NC(=O)C2=NNC(=O)CC2)cc1Cl. The lowest BCUT2D eigenvalue weighted by Crippen LogP contribution is -2.32. The van der Waals surface area contributed by atoms with Gasteiger partial charge in [0.05, 0.1) is 11.6 Å². The van der Waals surface area contributed by atoms with Gasteiger partial charge < -0.3 is 10.1 Å². The van der Waals surface area contributed by atoms with Gasteiger partial charge in [-0.05, 0) is 25.1 Å². The number of hydrogen-bond acceptors (Lipinski definition) is 4. The fraction of sp³-hybridized carbons (Fsp3) is 0.308. The first-order chi connectivity index (χ1) is 9.60. The van der Waals surface area contributed by atoms with Crippen molar-refractivity contribution in [3.8, 4) is 5.75 Å². The summed E-state index contributed by atoms with van der Waals surface area (Å²) in [5.41, 5.74) is 3.11. The van der Waals surface area contributed by atoms with Gasteiger partial charge in [-0.3, -0.25) is 9.59 Å². The van der Waals surface area contributed by atoms with E-state index in [9.17, 15) is 9.59 Å². The summed E-state index contributed by atoms with van der Waals surface area (Å²) in [6, 6.07) is 4.98. The molecular weight excluding hydrogens is 282 g/mol. The van der Waals surface area contributed by atoms with Gasteiger partial charge in [0.15, 0.2) is 0 Å². The van der Waals surface area contributed by atoms with Crippen molar-refractivity contribution in [2.24, 2.45) is 5.10 Å². The predicted molar refractivity (Wildman–Crippen MR) is 76.1 cm³/mol. The van der Waals surface area contributed by atoms with Gasteiger partial charge in [0.2, 0.25) is 5.91 Å². The molecule has 1 heterocycles. The van der Waals surface area contributed by atoms with Crippen LogP contribution in [0.2, 0.25) is 5.02 Å². The van der Waals surface area contributed by atoms with Gasteiger partial charge in [-0.25, -0.2) is 5.43 Å². The summed E-state index contributed by atoms with van der Waals surface area (Å²) in [7, 11) is 0. The van der Waals surface area contributed by atoms with E-state index in [1.807, 2.05) is 6.92 Å². The summed E-state index contributed by atoms with van der Waals surface area (Å²) < 4.78 is 5.31. The van der Waals surface area contributed by atoms with E-state index in [-0.39, 0.29) is 23.9 Å². The molecule has 0 aromatic heterocycles. The van der Waals surface area contributed by atoms with Crippen LogP contribution in [0.4, 0.5) is 5.69 Å². The molecular formula is C13H14ClN3O3. The van der Waals surface area contributed by atoms with Gasteiger partial charge in [-0.1, -0.05) is 11.6 Å². The number of amides is 2. The number of carbonyl (C=O) groups is 2. The minimum Gasteiger partial charge on any atom is -0.492 e. The molecule has 2 rings (SSSR count). The number of carbonyl (C=O) groups excluding carboxylic acids is 2. The molecule has 1 aromatic rings. The number of hydrazone groups is 1. The van der Waals surface area contributed by atoms with Crippen molar-refractivity contribution in [2.45, 2.75) is 19.8 Å². The summed E-state index contributed by atoms with van der Waals surface area (Å²) >= 11 is 6.03. The Bertz CT molecular complexity index is 572. The first-order valence-corrected chi connectivity index (χ1v) is 6.57. The van der Waals surface area contributed by atoms with Crippen LogP contribution in [0, 0.1) is 0 Å². The Morgan fingerprint density at radius 1 is 1.50 bits per heavy atom. The Labute approximate surface area is 121 Å². The largest absolute Gasteiger partial charge is 0.492 e. The van der Waals surface area contributed by atoms with Crippen LogP contribution in [-0.2, 0) is 9.59 Å². The molecule has 1 aromatic carbocycles. The zero-order chi connectivity index (χ0) is 14.5. The minimum atomic E-state index is -0.356. The number of nitrogens with one attached hydrogen (secondary N) is 2. The van der Waals surface area contributed by atoms with E-state index in [2.05, 4.69) is 15.8 Å². The van der Waals surface area contributed by atoms with Gasteiger partial charge in [0.1, 0.15) is 11.5 Å². The molecule has 20 heavy (non-hydrogen) atoms. The quantitative estimate of drug-likeness (QED) is 0.891. The summed E-state index contributed by atoms with van der Waals surface area (Å²) in [6.45, 7) is 2.38. The molecule has 0 atom stereocenters. The maximum atomic E-state index is 11.9. The zero-order valence-electron chi connectivity index (χ0n) is 10.9. The fourth-order valence-corrected chi connectivity index (χ4v) is 1.93. The molecule has 2 N–H and O–H groups in total. The Morgan fingerprint density at radius 3 is 2.90 bits per heavy atom. The van der Waals surface area contributed by atoms with Crippen molar-refractivity contribution in [2.75, 3.05) is 11.9 Å². The van der Waals surface area contributed by atoms with Gasteiger partial charge in [-0.2, -0.15) is 5.10 Å². The van der Waals surface area contributed by atoms with Crippen molar-refractivity contribution in [1.29, 1.82) is 0 Å². The van der Waals surface area contributed by atoms with Crippen molar-refractivity contribution in [3.05, 3.63) is 23.2 Å². The first kappa shape index (κ1) is 14.3. The molecule has 0 spiro atoms. The molecule has 0 fully saturated rings. The first-order valence-electron chi connectivity index (χ1n) is 6.19. The van der Waals surface area contributed by atoms with Crippen LogP contribution in [0.5, 0.6) is 5.75 Å². The average Bonchev–Trinajstić information content (AvgIpc) is 2.42. The molecule has 0 saturated carbocycles. The van der Waals surface area contributed by atoms with Crippen LogP contribution in [0.25, 0.3) is 0 Å². The van der Waals surface area contributed by atoms with Crippen LogP contribution >= 0.6 is 11.6 Å². The molecule has 2 amide bonds. The zero-order valence-corrected chi connectivity index (χ0v) is 11.7. The van der Waals surface area contributed by atoms with Gasteiger partial charge >= 0.3 is 0 Å². The van der Waals surface area contributed by atoms with E-state index in [0.717, 1.165) is 0 Å². The number of halogens is 1. The monoisotopic (exact) mass is 295 g/mol. The Morgan fingerprint density at radius 2 is 2.30 bits per heavy atom. The second kappa shape index (κ2) is 6.38. The highest BCUT2D eigenvalue weighted by Crippen LogP contribution is 2.27. The van der Waals surface area contributed by atoms with E-state index in [4.69, 9.17) is 16.3 Å². The molecule has 7 heteroatoms. The maximum absolute atomic E-state index is 11.9. The number of rotatable bonds is 4. The van der Waals surface area contributed by atoms with Crippen LogP contribution < -0.4 is 15.5 Å². The summed E-state index contributed by atoms with van der Waals surface area (Å²) in [5, 5.41) is 6.82. The third-order valence-electron chi connectivity index (χ3n) is 2.66. The maximum Gasteiger partial charge on any atom is 0.271 e. The fourth-order valence-electron chi connectivity index (χ4n) is 1.69. The lowest BCUT2D eigenvalue weighted by atomic mass is 10.1. The number of ether oxygens (including phenoxy) is 1. The Balaban J connectivity index is 2.04. The molecule has 0 unspecified atom stereocenters. The van der Waals surface area contributed by atoms with Crippen molar-refractivity contribution in [3.63, 3.8) is 0 Å². The van der Waals surface area contributed by atoms with Crippen molar-refractivity contribution < 1.29 is 14.3 Å². The van der Waals surface area contributed by atoms with Crippen LogP contribution in [-0.4, -0.2) is 24.1 Å². The van der Waals surface area contributed by atoms with E-state index in [1.165, 1.54) is 0 Å². The highest BCUT2D eigenvalue weighted by atomic mass is 35.5. The van der Waals surface area contributed by atoms with E-state index >= 15 is 0 Å². The number of nitrogens with zero attached hydrogens (tertiary/aromatic N) is 1. The molecule has 6 nitrogen and oxygen atoms in total. The van der Waals surface area contributed by atoms with Crippen LogP contribution in [0.15, 0.2) is 23.3 Å². The highest BCUT2D eigenvalue weighted by molar-refractivity contribution is 6.43. The highest BCUT2D eigenvalue weighted by Gasteiger charge is 2.18. The van der Waals surface area contributed by atoms with Crippen molar-refractivity contribution >= 4 is 34.8 Å². The van der Waals surface area contributed by atoms with Crippen LogP contribution in [0.3, 0.4) is 0 Å². The molecule has 0 radical (unpaired) electrons. The van der Waals surface area contributed by atoms with Gasteiger partial charge in [0.25, 0.3) is 5.91 Å². The number of benzene rings is 1. The smallest absolute Gasteiger partial charge is 0.271 e.